The van der Waals surface area contributed by atoms with Gasteiger partial charge in [-0.15, -0.1) is 5.10 Å². The minimum absolute atomic E-state index is 0.189. The molecule has 0 aliphatic carbocycles. The first kappa shape index (κ1) is 14.4. The number of hydrogen-bond donors (Lipinski definition) is 2. The molecule has 5 nitrogen and oxygen atoms in total. The Morgan fingerprint density at radius 1 is 1.48 bits per heavy atom. The molecule has 1 fully saturated rings. The lowest BCUT2D eigenvalue weighted by atomic mass is 9.99. The molecule has 0 spiro atoms. The number of benzene rings is 1. The highest BCUT2D eigenvalue weighted by atomic mass is 35.5. The van der Waals surface area contributed by atoms with Gasteiger partial charge < -0.3 is 10.6 Å². The van der Waals surface area contributed by atoms with E-state index in [4.69, 9.17) is 17.3 Å². The lowest BCUT2D eigenvalue weighted by molar-refractivity contribution is 0.416. The van der Waals surface area contributed by atoms with Crippen molar-refractivity contribution in [3.8, 4) is 0 Å². The fourth-order valence-corrected chi connectivity index (χ4v) is 3.00. The van der Waals surface area contributed by atoms with Crippen LogP contribution in [0.25, 0.3) is 0 Å². The van der Waals surface area contributed by atoms with Crippen LogP contribution in [-0.2, 0) is 6.42 Å². The third kappa shape index (κ3) is 3.19. The Kier molecular flexibility index (Phi) is 4.12. The number of nitrogens with one attached hydrogen (secondary N) is 1. The smallest absolute Gasteiger partial charge is 0.245 e. The largest absolute Gasteiger partial charge is 0.335 e. The van der Waals surface area contributed by atoms with Crippen LogP contribution in [0.4, 0.5) is 5.95 Å². The second-order valence-corrected chi connectivity index (χ2v) is 6.07. The quantitative estimate of drug-likeness (QED) is 0.913. The molecule has 1 aliphatic rings. The molecule has 0 saturated carbocycles. The first-order valence-electron chi connectivity index (χ1n) is 7.31. The van der Waals surface area contributed by atoms with Gasteiger partial charge in [0.25, 0.3) is 0 Å². The van der Waals surface area contributed by atoms with E-state index < -0.39 is 0 Å². The van der Waals surface area contributed by atoms with Gasteiger partial charge in [0.05, 0.1) is 0 Å². The summed E-state index contributed by atoms with van der Waals surface area (Å²) in [7, 11) is 0. The van der Waals surface area contributed by atoms with Gasteiger partial charge in [-0.25, -0.2) is 0 Å². The molecule has 112 valence electrons. The molecule has 2 atom stereocenters. The molecule has 3 rings (SSSR count). The molecule has 1 saturated heterocycles. The summed E-state index contributed by atoms with van der Waals surface area (Å²) in [6, 6.07) is 8.26. The zero-order valence-electron chi connectivity index (χ0n) is 12.1. The molecule has 2 unspecified atom stereocenters. The molecule has 0 radical (unpaired) electrons. The minimum atomic E-state index is 0.189. The van der Waals surface area contributed by atoms with E-state index in [1.807, 2.05) is 24.3 Å². The summed E-state index contributed by atoms with van der Waals surface area (Å²) in [6.45, 7) is 3.10. The third-order valence-electron chi connectivity index (χ3n) is 4.09. The molecule has 2 aromatic rings. The number of halogens is 1. The Hall–Kier alpha value is -1.59. The van der Waals surface area contributed by atoms with E-state index in [9.17, 15) is 0 Å². The summed E-state index contributed by atoms with van der Waals surface area (Å²) in [4.78, 5) is 6.79. The molecule has 1 aliphatic heterocycles. The normalized spacial score (nSPS) is 22.5. The predicted octanol–water partition coefficient (Wildman–Crippen LogP) is 2.36. The summed E-state index contributed by atoms with van der Waals surface area (Å²) in [5.41, 5.74) is 7.25. The van der Waals surface area contributed by atoms with Crippen molar-refractivity contribution in [1.82, 2.24) is 15.2 Å². The van der Waals surface area contributed by atoms with Gasteiger partial charge in [0.1, 0.15) is 5.82 Å². The average molecular weight is 306 g/mol. The van der Waals surface area contributed by atoms with Crippen molar-refractivity contribution in [3.63, 3.8) is 0 Å². The van der Waals surface area contributed by atoms with Crippen LogP contribution in [0.2, 0.25) is 5.02 Å². The highest BCUT2D eigenvalue weighted by Crippen LogP contribution is 2.21. The van der Waals surface area contributed by atoms with Crippen molar-refractivity contribution in [2.45, 2.75) is 38.3 Å². The zero-order valence-corrected chi connectivity index (χ0v) is 12.8. The fraction of sp³-hybridized carbons (Fsp3) is 0.467. The fourth-order valence-electron chi connectivity index (χ4n) is 2.79. The van der Waals surface area contributed by atoms with E-state index in [2.05, 4.69) is 27.0 Å². The first-order chi connectivity index (χ1) is 10.1. The SMILES string of the molecule is CC1C(N)CCCN1c1n[nH]c(Cc2cccc(Cl)c2)n1. The van der Waals surface area contributed by atoms with Crippen LogP contribution in [0.15, 0.2) is 24.3 Å². The van der Waals surface area contributed by atoms with Gasteiger partial charge in [-0.2, -0.15) is 4.98 Å². The third-order valence-corrected chi connectivity index (χ3v) is 4.32. The molecule has 1 aromatic heterocycles. The van der Waals surface area contributed by atoms with Gasteiger partial charge in [0.15, 0.2) is 0 Å². The van der Waals surface area contributed by atoms with Crippen molar-refractivity contribution in [1.29, 1.82) is 0 Å². The maximum absolute atomic E-state index is 6.13. The topological polar surface area (TPSA) is 70.8 Å². The number of aromatic nitrogens is 3. The van der Waals surface area contributed by atoms with Gasteiger partial charge in [-0.3, -0.25) is 5.10 Å². The molecule has 3 N–H and O–H groups in total. The van der Waals surface area contributed by atoms with E-state index in [0.717, 1.165) is 41.7 Å². The van der Waals surface area contributed by atoms with E-state index >= 15 is 0 Å². The second-order valence-electron chi connectivity index (χ2n) is 5.63. The van der Waals surface area contributed by atoms with Crippen molar-refractivity contribution >= 4 is 17.5 Å². The van der Waals surface area contributed by atoms with Crippen LogP contribution in [0.1, 0.15) is 31.2 Å². The monoisotopic (exact) mass is 305 g/mol. The van der Waals surface area contributed by atoms with Crippen LogP contribution < -0.4 is 10.6 Å². The predicted molar refractivity (Wildman–Crippen MR) is 84.7 cm³/mol. The Morgan fingerprint density at radius 3 is 3.14 bits per heavy atom. The van der Waals surface area contributed by atoms with Gasteiger partial charge in [-0.05, 0) is 37.5 Å². The van der Waals surface area contributed by atoms with Crippen LogP contribution in [0.3, 0.4) is 0 Å². The van der Waals surface area contributed by atoms with Crippen LogP contribution in [-0.4, -0.2) is 33.8 Å². The number of piperidine rings is 1. The molecular weight excluding hydrogens is 286 g/mol. The summed E-state index contributed by atoms with van der Waals surface area (Å²) < 4.78 is 0. The Labute approximate surface area is 129 Å². The molecule has 2 heterocycles. The number of anilines is 1. The molecule has 6 heteroatoms. The van der Waals surface area contributed by atoms with Gasteiger partial charge in [0, 0.05) is 30.1 Å². The van der Waals surface area contributed by atoms with E-state index in [1.165, 1.54) is 0 Å². The summed E-state index contributed by atoms with van der Waals surface area (Å²) >= 11 is 6.00. The zero-order chi connectivity index (χ0) is 14.8. The molecule has 21 heavy (non-hydrogen) atoms. The van der Waals surface area contributed by atoms with E-state index in [-0.39, 0.29) is 12.1 Å². The Balaban J connectivity index is 1.74. The average Bonchev–Trinajstić information content (AvgIpc) is 2.90. The highest BCUT2D eigenvalue weighted by Gasteiger charge is 2.27. The summed E-state index contributed by atoms with van der Waals surface area (Å²) in [6.07, 6.45) is 2.85. The molecule has 1 aromatic carbocycles. The number of hydrogen-bond acceptors (Lipinski definition) is 4. The lowest BCUT2D eigenvalue weighted by Gasteiger charge is -2.36. The lowest BCUT2D eigenvalue weighted by Crippen LogP contribution is -2.50. The van der Waals surface area contributed by atoms with E-state index in [0.29, 0.717) is 6.42 Å². The maximum atomic E-state index is 6.13. The highest BCUT2D eigenvalue weighted by molar-refractivity contribution is 6.30. The molecular formula is C15H20ClN5. The van der Waals surface area contributed by atoms with Crippen molar-refractivity contribution < 1.29 is 0 Å². The number of H-pyrrole nitrogens is 1. The van der Waals surface area contributed by atoms with Gasteiger partial charge in [0.2, 0.25) is 5.95 Å². The summed E-state index contributed by atoms with van der Waals surface area (Å²) in [5, 5.41) is 8.10. The first-order valence-corrected chi connectivity index (χ1v) is 7.69. The summed E-state index contributed by atoms with van der Waals surface area (Å²) in [5.74, 6) is 1.59. The number of nitrogens with two attached hydrogens (primary N) is 1. The number of rotatable bonds is 3. The maximum Gasteiger partial charge on any atom is 0.245 e. The Bertz CT molecular complexity index is 612. The minimum Gasteiger partial charge on any atom is -0.335 e. The standard InChI is InChI=1S/C15H20ClN5/c1-10-13(17)6-3-7-21(10)15-18-14(19-20-15)9-11-4-2-5-12(16)8-11/h2,4-5,8,10,13H,3,6-7,9,17H2,1H3,(H,18,19,20). The van der Waals surface area contributed by atoms with Crippen molar-refractivity contribution in [3.05, 3.63) is 40.7 Å². The van der Waals surface area contributed by atoms with Crippen molar-refractivity contribution in [2.24, 2.45) is 5.73 Å². The number of nitrogens with zero attached hydrogens (tertiary/aromatic N) is 3. The van der Waals surface area contributed by atoms with Crippen molar-refractivity contribution in [2.75, 3.05) is 11.4 Å². The Morgan fingerprint density at radius 2 is 2.33 bits per heavy atom. The molecule has 0 bridgehead atoms. The number of aromatic amines is 1. The second kappa shape index (κ2) is 6.03. The van der Waals surface area contributed by atoms with Crippen LogP contribution in [0, 0.1) is 0 Å². The molecule has 0 amide bonds. The van der Waals surface area contributed by atoms with E-state index in [1.54, 1.807) is 0 Å². The van der Waals surface area contributed by atoms with Crippen LogP contribution in [0.5, 0.6) is 0 Å². The van der Waals surface area contributed by atoms with Gasteiger partial charge in [-0.1, -0.05) is 23.7 Å². The van der Waals surface area contributed by atoms with Crippen LogP contribution >= 0.6 is 11.6 Å². The van der Waals surface area contributed by atoms with Gasteiger partial charge >= 0.3 is 0 Å².